The molecule has 1 aromatic carbocycles. The van der Waals surface area contributed by atoms with Gasteiger partial charge in [-0.2, -0.15) is 0 Å². The summed E-state index contributed by atoms with van der Waals surface area (Å²) in [5, 5.41) is 0.563. The van der Waals surface area contributed by atoms with E-state index < -0.39 is 0 Å². The van der Waals surface area contributed by atoms with Crippen LogP contribution in [0.1, 0.15) is 61.9 Å². The van der Waals surface area contributed by atoms with Crippen molar-refractivity contribution >= 4 is 23.5 Å². The molecular weight excluding hydrogens is 388 g/mol. The zero-order chi connectivity index (χ0) is 21.4. The van der Waals surface area contributed by atoms with Crippen molar-refractivity contribution in [2.45, 2.75) is 46.0 Å². The highest BCUT2D eigenvalue weighted by Crippen LogP contribution is 2.39. The molecule has 0 aromatic heterocycles. The van der Waals surface area contributed by atoms with Gasteiger partial charge >= 0.3 is 6.09 Å². The van der Waals surface area contributed by atoms with E-state index in [1.54, 1.807) is 17.9 Å². The predicted octanol–water partition coefficient (Wildman–Crippen LogP) is 5.30. The van der Waals surface area contributed by atoms with Gasteiger partial charge in [0, 0.05) is 23.7 Å². The minimum Gasteiger partial charge on any atom is -0.450 e. The van der Waals surface area contributed by atoms with Crippen LogP contribution >= 0.6 is 11.6 Å². The van der Waals surface area contributed by atoms with Crippen LogP contribution in [0, 0.1) is 5.92 Å². The van der Waals surface area contributed by atoms with Crippen LogP contribution in [0.5, 0.6) is 0 Å². The Morgan fingerprint density at radius 3 is 2.59 bits per heavy atom. The van der Waals surface area contributed by atoms with Crippen molar-refractivity contribution in [3.63, 3.8) is 0 Å². The van der Waals surface area contributed by atoms with Gasteiger partial charge in [-0.25, -0.2) is 4.79 Å². The molecule has 0 saturated carbocycles. The molecule has 158 valence electrons. The molecule has 0 radical (unpaired) electrons. The average Bonchev–Trinajstić information content (AvgIpc) is 2.71. The van der Waals surface area contributed by atoms with E-state index in [0.717, 1.165) is 24.8 Å². The van der Waals surface area contributed by atoms with Crippen molar-refractivity contribution < 1.29 is 14.3 Å². The van der Waals surface area contributed by atoms with Crippen molar-refractivity contribution in [3.8, 4) is 0 Å². The Bertz CT molecular complexity index is 780. The van der Waals surface area contributed by atoms with Crippen LogP contribution in [0.4, 0.5) is 4.79 Å². The first-order chi connectivity index (χ1) is 13.9. The van der Waals surface area contributed by atoms with Crippen molar-refractivity contribution in [1.29, 1.82) is 0 Å². The highest BCUT2D eigenvalue weighted by molar-refractivity contribution is 6.31. The number of ketones is 1. The SMILES string of the molecule is CCOC(=O)N1CCC(C(C/C(C)=C\C=C/N)c2ccc(Cl)cc2C(C)=O)CC1. The van der Waals surface area contributed by atoms with Crippen LogP contribution in [0.15, 0.2) is 42.1 Å². The van der Waals surface area contributed by atoms with Crippen LogP contribution in [0.25, 0.3) is 0 Å². The van der Waals surface area contributed by atoms with Gasteiger partial charge in [0.05, 0.1) is 6.61 Å². The lowest BCUT2D eigenvalue weighted by molar-refractivity contribution is 0.0886. The number of halogens is 1. The maximum Gasteiger partial charge on any atom is 0.409 e. The fourth-order valence-electron chi connectivity index (χ4n) is 4.02. The molecule has 1 aliphatic heterocycles. The van der Waals surface area contributed by atoms with Crippen molar-refractivity contribution in [3.05, 3.63) is 58.3 Å². The van der Waals surface area contributed by atoms with E-state index in [0.29, 0.717) is 36.2 Å². The van der Waals surface area contributed by atoms with Crippen LogP contribution in [0.3, 0.4) is 0 Å². The van der Waals surface area contributed by atoms with E-state index in [4.69, 9.17) is 22.1 Å². The third kappa shape index (κ3) is 6.36. The number of rotatable bonds is 7. The highest BCUT2D eigenvalue weighted by Gasteiger charge is 2.31. The lowest BCUT2D eigenvalue weighted by Crippen LogP contribution is -2.40. The molecule has 0 bridgehead atoms. The number of allylic oxidation sites excluding steroid dienone is 3. The Morgan fingerprint density at radius 2 is 2.00 bits per heavy atom. The zero-order valence-electron chi connectivity index (χ0n) is 17.5. The van der Waals surface area contributed by atoms with E-state index in [-0.39, 0.29) is 17.8 Å². The van der Waals surface area contributed by atoms with E-state index in [9.17, 15) is 9.59 Å². The second-order valence-corrected chi connectivity index (χ2v) is 7.96. The molecule has 1 atom stereocenters. The summed E-state index contributed by atoms with van der Waals surface area (Å²) >= 11 is 6.16. The van der Waals surface area contributed by atoms with Gasteiger partial charge < -0.3 is 15.4 Å². The van der Waals surface area contributed by atoms with Gasteiger partial charge in [0.1, 0.15) is 0 Å². The Balaban J connectivity index is 2.30. The number of nitrogens with two attached hydrogens (primary N) is 1. The third-order valence-corrected chi connectivity index (χ3v) is 5.70. The molecule has 0 aliphatic carbocycles. The Morgan fingerprint density at radius 1 is 1.31 bits per heavy atom. The molecule has 29 heavy (non-hydrogen) atoms. The van der Waals surface area contributed by atoms with Gasteiger partial charge in [-0.15, -0.1) is 0 Å². The molecule has 1 heterocycles. The summed E-state index contributed by atoms with van der Waals surface area (Å²) in [6.45, 7) is 7.17. The molecule has 0 spiro atoms. The van der Waals surface area contributed by atoms with E-state index in [1.165, 1.54) is 11.8 Å². The second-order valence-electron chi connectivity index (χ2n) is 7.52. The number of ether oxygens (including phenoxy) is 1. The number of likely N-dealkylation sites (tertiary alicyclic amines) is 1. The van der Waals surface area contributed by atoms with Crippen LogP contribution < -0.4 is 5.73 Å². The van der Waals surface area contributed by atoms with Crippen molar-refractivity contribution in [2.75, 3.05) is 19.7 Å². The number of hydrogen-bond acceptors (Lipinski definition) is 4. The number of Topliss-reactive ketones (excluding diaryl/α,β-unsaturated/α-hetero) is 1. The summed E-state index contributed by atoms with van der Waals surface area (Å²) in [6, 6.07) is 5.59. The summed E-state index contributed by atoms with van der Waals surface area (Å²) in [5.41, 5.74) is 8.37. The Labute approximate surface area is 178 Å². The molecule has 6 heteroatoms. The Kier molecular flexibility index (Phi) is 8.77. The normalized spacial score (nSPS) is 16.8. The zero-order valence-corrected chi connectivity index (χ0v) is 18.2. The quantitative estimate of drug-likeness (QED) is 0.481. The topological polar surface area (TPSA) is 72.6 Å². The first kappa shape index (κ1) is 23.0. The number of carbonyl (C=O) groups is 2. The lowest BCUT2D eigenvalue weighted by Gasteiger charge is -2.36. The number of hydrogen-bond donors (Lipinski definition) is 1. The molecule has 2 N–H and O–H groups in total. The molecular formula is C23H31ClN2O3. The maximum absolute atomic E-state index is 12.3. The van der Waals surface area contributed by atoms with Crippen LogP contribution in [-0.2, 0) is 4.74 Å². The fraction of sp³-hybridized carbons (Fsp3) is 0.478. The largest absolute Gasteiger partial charge is 0.450 e. The van der Waals surface area contributed by atoms with Gasteiger partial charge in [-0.1, -0.05) is 29.3 Å². The smallest absolute Gasteiger partial charge is 0.409 e. The first-order valence-corrected chi connectivity index (χ1v) is 10.5. The number of carbonyl (C=O) groups excluding carboxylic acids is 2. The summed E-state index contributed by atoms with van der Waals surface area (Å²) in [5.74, 6) is 0.531. The van der Waals surface area contributed by atoms with Gasteiger partial charge in [0.2, 0.25) is 0 Å². The molecule has 1 fully saturated rings. The van der Waals surface area contributed by atoms with Gasteiger partial charge in [-0.05, 0) is 81.8 Å². The summed E-state index contributed by atoms with van der Waals surface area (Å²) in [4.78, 5) is 26.1. The number of amides is 1. The standard InChI is InChI=1S/C23H31ClN2O3/c1-4-29-23(28)26-12-9-18(10-13-26)22(14-16(2)6-5-11-25)20-8-7-19(24)15-21(20)17(3)27/h5-8,11,15,18,22H,4,9-10,12-14,25H2,1-3H3/b11-5-,16-6-. The van der Waals surface area contributed by atoms with Gasteiger partial charge in [0.15, 0.2) is 5.78 Å². The summed E-state index contributed by atoms with van der Waals surface area (Å²) in [6.07, 6.45) is 7.64. The molecule has 2 rings (SSSR count). The van der Waals surface area contributed by atoms with Crippen molar-refractivity contribution in [2.24, 2.45) is 11.7 Å². The monoisotopic (exact) mass is 418 g/mol. The van der Waals surface area contributed by atoms with E-state index >= 15 is 0 Å². The predicted molar refractivity (Wildman–Crippen MR) is 117 cm³/mol. The molecule has 1 aromatic rings. The molecule has 1 saturated heterocycles. The number of benzene rings is 1. The van der Waals surface area contributed by atoms with Crippen LogP contribution in [-0.4, -0.2) is 36.5 Å². The van der Waals surface area contributed by atoms with Gasteiger partial charge in [0.25, 0.3) is 0 Å². The number of piperidine rings is 1. The average molecular weight is 419 g/mol. The molecule has 1 unspecified atom stereocenters. The molecule has 1 aliphatic rings. The van der Waals surface area contributed by atoms with E-state index in [1.807, 2.05) is 31.2 Å². The minimum atomic E-state index is -0.248. The highest BCUT2D eigenvalue weighted by atomic mass is 35.5. The fourth-order valence-corrected chi connectivity index (χ4v) is 4.19. The lowest BCUT2D eigenvalue weighted by atomic mass is 9.75. The molecule has 1 amide bonds. The van der Waals surface area contributed by atoms with E-state index in [2.05, 4.69) is 6.92 Å². The maximum atomic E-state index is 12.3. The molecule has 5 nitrogen and oxygen atoms in total. The summed E-state index contributed by atoms with van der Waals surface area (Å²) < 4.78 is 5.13. The third-order valence-electron chi connectivity index (χ3n) is 5.46. The van der Waals surface area contributed by atoms with Crippen LogP contribution in [0.2, 0.25) is 5.02 Å². The minimum absolute atomic E-state index is 0.0138. The second kappa shape index (κ2) is 11.1. The van der Waals surface area contributed by atoms with Crippen molar-refractivity contribution in [1.82, 2.24) is 4.90 Å². The van der Waals surface area contributed by atoms with Gasteiger partial charge in [-0.3, -0.25) is 4.79 Å². The summed E-state index contributed by atoms with van der Waals surface area (Å²) in [7, 11) is 0. The number of nitrogens with zero attached hydrogens (tertiary/aromatic N) is 1. The first-order valence-electron chi connectivity index (χ1n) is 10.1. The Hall–Kier alpha value is -2.27.